The Morgan fingerprint density at radius 3 is 2.43 bits per heavy atom. The molecule has 1 aliphatic rings. The summed E-state index contributed by atoms with van der Waals surface area (Å²) in [4.78, 5) is 4.47. The van der Waals surface area contributed by atoms with Gasteiger partial charge in [-0.3, -0.25) is 4.99 Å². The van der Waals surface area contributed by atoms with Crippen molar-refractivity contribution in [1.29, 1.82) is 0 Å². The third-order valence-electron chi connectivity index (χ3n) is 4.87. The van der Waals surface area contributed by atoms with E-state index in [1.54, 1.807) is 49.5 Å². The molecular formula is C20H25FIN3O2S. The first-order chi connectivity index (χ1) is 13.0. The molecule has 8 heteroatoms. The molecule has 1 aliphatic carbocycles. The zero-order valence-electron chi connectivity index (χ0n) is 15.7. The summed E-state index contributed by atoms with van der Waals surface area (Å²) in [6.45, 7) is 0.880. The average Bonchev–Trinajstić information content (AvgIpc) is 3.46. The highest BCUT2D eigenvalue weighted by atomic mass is 127. The van der Waals surface area contributed by atoms with Gasteiger partial charge in [0.25, 0.3) is 0 Å². The normalized spacial score (nSPS) is 15.4. The van der Waals surface area contributed by atoms with Crippen LogP contribution in [0, 0.1) is 5.82 Å². The van der Waals surface area contributed by atoms with Gasteiger partial charge in [0.2, 0.25) is 0 Å². The van der Waals surface area contributed by atoms with E-state index in [1.165, 1.54) is 6.07 Å². The lowest BCUT2D eigenvalue weighted by molar-refractivity contribution is 0.594. The molecule has 2 N–H and O–H groups in total. The van der Waals surface area contributed by atoms with E-state index in [-0.39, 0.29) is 47.5 Å². The van der Waals surface area contributed by atoms with E-state index in [9.17, 15) is 12.8 Å². The number of hydrogen-bond acceptors (Lipinski definition) is 3. The second kappa shape index (κ2) is 9.69. The maximum atomic E-state index is 13.5. The maximum absolute atomic E-state index is 13.5. The number of nitrogens with zero attached hydrogens (tertiary/aromatic N) is 1. The first kappa shape index (κ1) is 22.6. The minimum absolute atomic E-state index is 0. The van der Waals surface area contributed by atoms with Gasteiger partial charge in [-0.15, -0.1) is 24.0 Å². The van der Waals surface area contributed by atoms with E-state index >= 15 is 0 Å². The van der Waals surface area contributed by atoms with Crippen molar-refractivity contribution in [3.63, 3.8) is 0 Å². The van der Waals surface area contributed by atoms with E-state index in [1.807, 2.05) is 6.07 Å². The molecule has 2 aromatic rings. The van der Waals surface area contributed by atoms with Crippen LogP contribution in [0.1, 0.15) is 18.4 Å². The third-order valence-corrected chi connectivity index (χ3v) is 6.61. The Bertz CT molecular complexity index is 916. The molecule has 1 saturated carbocycles. The maximum Gasteiger partial charge on any atom is 0.191 e. The first-order valence-corrected chi connectivity index (χ1v) is 10.6. The predicted molar refractivity (Wildman–Crippen MR) is 121 cm³/mol. The Morgan fingerprint density at radius 1 is 1.11 bits per heavy atom. The Balaban J connectivity index is 0.00000280. The molecule has 0 saturated heterocycles. The molecule has 0 unspecified atom stereocenters. The van der Waals surface area contributed by atoms with Gasteiger partial charge in [-0.25, -0.2) is 12.8 Å². The van der Waals surface area contributed by atoms with Crippen molar-refractivity contribution in [2.24, 2.45) is 4.99 Å². The fourth-order valence-corrected chi connectivity index (χ4v) is 4.24. The lowest BCUT2D eigenvalue weighted by atomic mass is 9.96. The average molecular weight is 517 g/mol. The van der Waals surface area contributed by atoms with Crippen molar-refractivity contribution >= 4 is 39.8 Å². The van der Waals surface area contributed by atoms with E-state index in [0.29, 0.717) is 17.4 Å². The molecule has 0 spiro atoms. The summed E-state index contributed by atoms with van der Waals surface area (Å²) >= 11 is 0. The molecular weight excluding hydrogens is 492 g/mol. The van der Waals surface area contributed by atoms with E-state index < -0.39 is 9.84 Å². The van der Waals surface area contributed by atoms with E-state index in [2.05, 4.69) is 15.6 Å². The molecule has 0 heterocycles. The van der Waals surface area contributed by atoms with Crippen molar-refractivity contribution in [1.82, 2.24) is 10.6 Å². The summed E-state index contributed by atoms with van der Waals surface area (Å²) < 4.78 is 38.1. The van der Waals surface area contributed by atoms with Crippen LogP contribution in [0.5, 0.6) is 0 Å². The Kier molecular flexibility index (Phi) is 7.82. The molecule has 0 aliphatic heterocycles. The zero-order chi connectivity index (χ0) is 19.3. The SMILES string of the molecule is CN=C(NCCS(=O)(=O)c1ccccc1)NCC1(c2cccc(F)c2)CC1.I. The lowest BCUT2D eigenvalue weighted by Gasteiger charge is -2.19. The van der Waals surface area contributed by atoms with Crippen LogP contribution in [0.2, 0.25) is 0 Å². The summed E-state index contributed by atoms with van der Waals surface area (Å²) in [7, 11) is -1.69. The number of nitrogens with one attached hydrogen (secondary N) is 2. The summed E-state index contributed by atoms with van der Waals surface area (Å²) in [5.41, 5.74) is 0.910. The second-order valence-electron chi connectivity index (χ2n) is 6.78. The van der Waals surface area contributed by atoms with E-state index in [4.69, 9.17) is 0 Å². The van der Waals surface area contributed by atoms with Crippen molar-refractivity contribution in [3.8, 4) is 0 Å². The fourth-order valence-electron chi connectivity index (χ4n) is 3.06. The molecule has 0 amide bonds. The molecule has 152 valence electrons. The minimum atomic E-state index is -3.33. The molecule has 0 radical (unpaired) electrons. The second-order valence-corrected chi connectivity index (χ2v) is 8.88. The number of hydrogen-bond donors (Lipinski definition) is 2. The molecule has 2 aromatic carbocycles. The number of aliphatic imine (C=N–C) groups is 1. The molecule has 28 heavy (non-hydrogen) atoms. The van der Waals surface area contributed by atoms with Crippen molar-refractivity contribution in [2.75, 3.05) is 25.9 Å². The van der Waals surface area contributed by atoms with Crippen LogP contribution in [0.4, 0.5) is 4.39 Å². The number of rotatable bonds is 7. The van der Waals surface area contributed by atoms with Gasteiger partial charge in [0, 0.05) is 25.6 Å². The van der Waals surface area contributed by atoms with Gasteiger partial charge in [0.05, 0.1) is 10.6 Å². The monoisotopic (exact) mass is 517 g/mol. The van der Waals surface area contributed by atoms with Crippen molar-refractivity contribution in [2.45, 2.75) is 23.2 Å². The Morgan fingerprint density at radius 2 is 1.82 bits per heavy atom. The van der Waals surface area contributed by atoms with Gasteiger partial charge >= 0.3 is 0 Å². The molecule has 0 atom stereocenters. The van der Waals surface area contributed by atoms with Crippen molar-refractivity contribution in [3.05, 3.63) is 66.0 Å². The largest absolute Gasteiger partial charge is 0.356 e. The summed E-state index contributed by atoms with van der Waals surface area (Å²) in [5.74, 6) is 0.292. The number of guanidine groups is 1. The van der Waals surface area contributed by atoms with Gasteiger partial charge in [-0.05, 0) is 42.7 Å². The quantitative estimate of drug-likeness (QED) is 0.337. The summed E-state index contributed by atoms with van der Waals surface area (Å²) in [6.07, 6.45) is 1.98. The molecule has 1 fully saturated rings. The Labute approximate surface area is 182 Å². The van der Waals surface area contributed by atoms with Crippen LogP contribution in [0.25, 0.3) is 0 Å². The topological polar surface area (TPSA) is 70.6 Å². The van der Waals surface area contributed by atoms with Crippen molar-refractivity contribution < 1.29 is 12.8 Å². The van der Waals surface area contributed by atoms with Crippen LogP contribution < -0.4 is 10.6 Å². The highest BCUT2D eigenvalue weighted by molar-refractivity contribution is 14.0. The smallest absolute Gasteiger partial charge is 0.191 e. The highest BCUT2D eigenvalue weighted by Crippen LogP contribution is 2.47. The standard InChI is InChI=1S/C20H24FN3O2S.HI/c1-22-19(23-12-13-27(25,26)18-8-3-2-4-9-18)24-15-20(10-11-20)16-6-5-7-17(21)14-16;/h2-9,14H,10-13,15H2,1H3,(H2,22,23,24);1H. The van der Waals surface area contributed by atoms with Crippen LogP contribution in [0.3, 0.4) is 0 Å². The van der Waals surface area contributed by atoms with Gasteiger partial charge < -0.3 is 10.6 Å². The highest BCUT2D eigenvalue weighted by Gasteiger charge is 2.44. The number of sulfone groups is 1. The Hall–Kier alpha value is -1.68. The zero-order valence-corrected chi connectivity index (χ0v) is 18.8. The van der Waals surface area contributed by atoms with Gasteiger partial charge in [-0.2, -0.15) is 0 Å². The first-order valence-electron chi connectivity index (χ1n) is 8.94. The van der Waals surface area contributed by atoms with Gasteiger partial charge in [0.15, 0.2) is 15.8 Å². The summed E-state index contributed by atoms with van der Waals surface area (Å²) in [6, 6.07) is 15.1. The summed E-state index contributed by atoms with van der Waals surface area (Å²) in [5, 5.41) is 6.28. The predicted octanol–water partition coefficient (Wildman–Crippen LogP) is 3.11. The van der Waals surface area contributed by atoms with Gasteiger partial charge in [0.1, 0.15) is 5.82 Å². The lowest BCUT2D eigenvalue weighted by Crippen LogP contribution is -2.42. The number of benzene rings is 2. The molecule has 0 aromatic heterocycles. The third kappa shape index (κ3) is 5.66. The minimum Gasteiger partial charge on any atom is -0.356 e. The molecule has 0 bridgehead atoms. The van der Waals surface area contributed by atoms with Crippen LogP contribution in [-0.2, 0) is 15.3 Å². The fraction of sp³-hybridized carbons (Fsp3) is 0.350. The van der Waals surface area contributed by atoms with E-state index in [0.717, 1.165) is 18.4 Å². The van der Waals surface area contributed by atoms with Crippen LogP contribution in [-0.4, -0.2) is 40.3 Å². The molecule has 3 rings (SSSR count). The van der Waals surface area contributed by atoms with Crippen LogP contribution in [0.15, 0.2) is 64.5 Å². The molecule has 5 nitrogen and oxygen atoms in total. The van der Waals surface area contributed by atoms with Gasteiger partial charge in [-0.1, -0.05) is 30.3 Å². The number of halogens is 2. The van der Waals surface area contributed by atoms with Crippen LogP contribution >= 0.6 is 24.0 Å².